The van der Waals surface area contributed by atoms with Crippen LogP contribution in [0.25, 0.3) is 0 Å². The van der Waals surface area contributed by atoms with Crippen LogP contribution < -0.4 is 5.32 Å². The molecular weight excluding hydrogens is 336 g/mol. The number of likely N-dealkylation sites (tertiary alicyclic amines) is 1. The van der Waals surface area contributed by atoms with E-state index in [0.717, 1.165) is 32.1 Å². The summed E-state index contributed by atoms with van der Waals surface area (Å²) in [7, 11) is 0. The fourth-order valence-corrected chi connectivity index (χ4v) is 4.83. The summed E-state index contributed by atoms with van der Waals surface area (Å²) in [6.07, 6.45) is 6.63. The van der Waals surface area contributed by atoms with Gasteiger partial charge >= 0.3 is 0 Å². The van der Waals surface area contributed by atoms with E-state index in [2.05, 4.69) is 39.6 Å². The molecule has 1 saturated heterocycles. The van der Waals surface area contributed by atoms with Crippen LogP contribution in [0.2, 0.25) is 0 Å². The van der Waals surface area contributed by atoms with Gasteiger partial charge in [0.15, 0.2) is 0 Å². The Bertz CT molecular complexity index is 646. The van der Waals surface area contributed by atoms with Crippen molar-refractivity contribution in [1.82, 2.24) is 10.2 Å². The topological polar surface area (TPSA) is 49.4 Å². The molecule has 0 aromatic heterocycles. The minimum atomic E-state index is -0.167. The third-order valence-corrected chi connectivity index (χ3v) is 5.54. The van der Waals surface area contributed by atoms with Gasteiger partial charge in [0.1, 0.15) is 0 Å². The molecule has 2 rings (SSSR count). The van der Waals surface area contributed by atoms with Crippen molar-refractivity contribution >= 4 is 11.8 Å². The second-order valence-corrected chi connectivity index (χ2v) is 8.89. The van der Waals surface area contributed by atoms with Crippen LogP contribution in [0.5, 0.6) is 0 Å². The van der Waals surface area contributed by atoms with Crippen LogP contribution in [0.1, 0.15) is 70.2 Å². The number of hydrogen-bond donors (Lipinski definition) is 1. The Hall–Kier alpha value is -2.10. The average Bonchev–Trinajstić information content (AvgIpc) is 2.59. The van der Waals surface area contributed by atoms with Crippen LogP contribution in [0.15, 0.2) is 43.0 Å². The van der Waals surface area contributed by atoms with Crippen LogP contribution in [0.4, 0.5) is 0 Å². The zero-order valence-corrected chi connectivity index (χ0v) is 17.3. The van der Waals surface area contributed by atoms with Gasteiger partial charge in [-0.1, -0.05) is 37.6 Å². The Morgan fingerprint density at radius 2 is 1.70 bits per heavy atom. The molecule has 0 aliphatic carbocycles. The summed E-state index contributed by atoms with van der Waals surface area (Å²) < 4.78 is 0. The molecular formula is C23H34N2O2. The predicted molar refractivity (Wildman–Crippen MR) is 111 cm³/mol. The number of carbonyl (C=O) groups excluding carboxylic acids is 2. The highest BCUT2D eigenvalue weighted by molar-refractivity contribution is 5.94. The van der Waals surface area contributed by atoms with Crippen molar-refractivity contribution in [1.29, 1.82) is 0 Å². The first-order valence-corrected chi connectivity index (χ1v) is 9.97. The number of unbranched alkanes of at least 4 members (excludes halogenated alkanes) is 1. The van der Waals surface area contributed by atoms with E-state index in [4.69, 9.17) is 0 Å². The molecule has 0 atom stereocenters. The second-order valence-electron chi connectivity index (χ2n) is 8.89. The van der Waals surface area contributed by atoms with Crippen LogP contribution in [0, 0.1) is 5.92 Å². The van der Waals surface area contributed by atoms with Crippen molar-refractivity contribution in [2.75, 3.05) is 6.54 Å². The van der Waals surface area contributed by atoms with E-state index < -0.39 is 0 Å². The highest BCUT2D eigenvalue weighted by atomic mass is 16.2. The van der Waals surface area contributed by atoms with Crippen LogP contribution in [-0.4, -0.2) is 34.3 Å². The summed E-state index contributed by atoms with van der Waals surface area (Å²) in [5.74, 6) is 0.606. The number of nitrogens with one attached hydrogen (secondary N) is 1. The van der Waals surface area contributed by atoms with Gasteiger partial charge in [-0.15, -0.1) is 0 Å². The van der Waals surface area contributed by atoms with Crippen molar-refractivity contribution in [2.45, 2.75) is 70.9 Å². The van der Waals surface area contributed by atoms with Crippen molar-refractivity contribution in [3.05, 3.63) is 48.6 Å². The third kappa shape index (κ3) is 5.44. The Balaban J connectivity index is 1.79. The fourth-order valence-electron chi connectivity index (χ4n) is 4.83. The minimum Gasteiger partial charge on any atom is -0.352 e. The zero-order valence-electron chi connectivity index (χ0n) is 17.3. The first-order valence-electron chi connectivity index (χ1n) is 9.97. The smallest absolute Gasteiger partial charge is 0.251 e. The van der Waals surface area contributed by atoms with Gasteiger partial charge < -0.3 is 10.2 Å². The molecule has 27 heavy (non-hydrogen) atoms. The van der Waals surface area contributed by atoms with E-state index in [1.807, 2.05) is 35.2 Å². The molecule has 1 fully saturated rings. The van der Waals surface area contributed by atoms with E-state index in [1.54, 1.807) is 0 Å². The Labute approximate surface area is 164 Å². The lowest BCUT2D eigenvalue weighted by Gasteiger charge is -2.55. The van der Waals surface area contributed by atoms with E-state index in [1.165, 1.54) is 6.08 Å². The second kappa shape index (κ2) is 8.73. The first kappa shape index (κ1) is 21.2. The van der Waals surface area contributed by atoms with Crippen LogP contribution >= 0.6 is 0 Å². The summed E-state index contributed by atoms with van der Waals surface area (Å²) in [6.45, 7) is 13.0. The maximum absolute atomic E-state index is 12.4. The quantitative estimate of drug-likeness (QED) is 0.565. The summed E-state index contributed by atoms with van der Waals surface area (Å²) in [6, 6.07) is 9.33. The third-order valence-electron chi connectivity index (χ3n) is 5.54. The molecule has 148 valence electrons. The minimum absolute atomic E-state index is 0.00545. The average molecular weight is 371 g/mol. The van der Waals surface area contributed by atoms with Crippen molar-refractivity contribution in [2.24, 2.45) is 5.92 Å². The van der Waals surface area contributed by atoms with Crippen molar-refractivity contribution in [3.63, 3.8) is 0 Å². The number of nitrogens with zero attached hydrogens (tertiary/aromatic N) is 1. The lowest BCUT2D eigenvalue weighted by atomic mass is 9.72. The molecule has 0 radical (unpaired) electrons. The van der Waals surface area contributed by atoms with Crippen molar-refractivity contribution < 1.29 is 9.59 Å². The molecule has 1 aromatic carbocycles. The van der Waals surface area contributed by atoms with Gasteiger partial charge in [-0.25, -0.2) is 0 Å². The Kier molecular flexibility index (Phi) is 6.85. The molecule has 1 aromatic rings. The van der Waals surface area contributed by atoms with Gasteiger partial charge in [-0.05, 0) is 71.1 Å². The number of benzene rings is 1. The first-order chi connectivity index (χ1) is 12.7. The number of hydrogen-bond acceptors (Lipinski definition) is 2. The summed E-state index contributed by atoms with van der Waals surface area (Å²) in [5, 5.41) is 3.00. The molecule has 1 heterocycles. The predicted octanol–water partition coefficient (Wildman–Crippen LogP) is 4.57. The largest absolute Gasteiger partial charge is 0.352 e. The highest BCUT2D eigenvalue weighted by Crippen LogP contribution is 2.43. The maximum Gasteiger partial charge on any atom is 0.251 e. The maximum atomic E-state index is 12.4. The molecule has 0 saturated carbocycles. The molecule has 1 aliphatic rings. The van der Waals surface area contributed by atoms with Crippen molar-refractivity contribution in [3.8, 4) is 0 Å². The lowest BCUT2D eigenvalue weighted by Crippen LogP contribution is -2.62. The van der Waals surface area contributed by atoms with Gasteiger partial charge in [-0.3, -0.25) is 9.59 Å². The van der Waals surface area contributed by atoms with Gasteiger partial charge in [0.2, 0.25) is 5.91 Å². The number of rotatable bonds is 7. The molecule has 0 unspecified atom stereocenters. The molecule has 2 amide bonds. The molecule has 1 N–H and O–H groups in total. The van der Waals surface area contributed by atoms with Crippen LogP contribution in [0.3, 0.4) is 0 Å². The molecule has 0 spiro atoms. The van der Waals surface area contributed by atoms with E-state index in [-0.39, 0.29) is 22.9 Å². The Morgan fingerprint density at radius 3 is 2.26 bits per heavy atom. The summed E-state index contributed by atoms with van der Waals surface area (Å²) >= 11 is 0. The van der Waals surface area contributed by atoms with E-state index in [9.17, 15) is 9.59 Å². The van der Waals surface area contributed by atoms with E-state index in [0.29, 0.717) is 18.0 Å². The summed E-state index contributed by atoms with van der Waals surface area (Å²) in [4.78, 5) is 26.4. The number of carbonyl (C=O) groups is 2. The molecule has 0 bridgehead atoms. The van der Waals surface area contributed by atoms with Gasteiger partial charge in [0.05, 0.1) is 0 Å². The Morgan fingerprint density at radius 1 is 1.11 bits per heavy atom. The van der Waals surface area contributed by atoms with Crippen LogP contribution in [-0.2, 0) is 4.79 Å². The lowest BCUT2D eigenvalue weighted by molar-refractivity contribution is -0.146. The zero-order chi connectivity index (χ0) is 20.1. The van der Waals surface area contributed by atoms with E-state index >= 15 is 0 Å². The fraction of sp³-hybridized carbons (Fsp3) is 0.565. The number of amides is 2. The molecule has 1 aliphatic heterocycles. The SMILES string of the molecule is C=CC(=O)N1C(C)(C)CC(CCCCNC(=O)c2ccccc2)CC1(C)C. The molecule has 4 nitrogen and oxygen atoms in total. The normalized spacial score (nSPS) is 18.7. The number of piperidine rings is 1. The monoisotopic (exact) mass is 370 g/mol. The molecule has 4 heteroatoms. The van der Waals surface area contributed by atoms with Gasteiger partial charge in [0, 0.05) is 23.2 Å². The van der Waals surface area contributed by atoms with Gasteiger partial charge in [0.25, 0.3) is 5.91 Å². The van der Waals surface area contributed by atoms with Gasteiger partial charge in [-0.2, -0.15) is 0 Å². The standard InChI is InChI=1S/C23H34N2O2/c1-6-20(26)25-22(2,3)16-18(17-23(25,4)5)12-10-11-15-24-21(27)19-13-8-7-9-14-19/h6-9,13-14,18H,1,10-12,15-17H2,2-5H3,(H,24,27). The summed E-state index contributed by atoms with van der Waals surface area (Å²) in [5.41, 5.74) is 0.374. The highest BCUT2D eigenvalue weighted by Gasteiger charge is 2.46.